The zero-order valence-electron chi connectivity index (χ0n) is 12.6. The molecule has 114 valence electrons. The predicted octanol–water partition coefficient (Wildman–Crippen LogP) is 3.71. The number of rotatable bonds is 7. The zero-order valence-corrected chi connectivity index (χ0v) is 13.5. The maximum absolute atomic E-state index is 12.8. The fourth-order valence-electron chi connectivity index (χ4n) is 1.84. The molecular weight excluding hydrogens is 287 g/mol. The first-order chi connectivity index (χ1) is 10.0. The molecule has 2 rings (SSSR count). The van der Waals surface area contributed by atoms with Crippen molar-refractivity contribution < 1.29 is 9.13 Å². The maximum Gasteiger partial charge on any atom is 0.123 e. The van der Waals surface area contributed by atoms with Gasteiger partial charge in [-0.05, 0) is 31.2 Å². The summed E-state index contributed by atoms with van der Waals surface area (Å²) in [6.07, 6.45) is 0.768. The van der Waals surface area contributed by atoms with Crippen LogP contribution in [0, 0.1) is 12.7 Å². The van der Waals surface area contributed by atoms with E-state index < -0.39 is 0 Å². The quantitative estimate of drug-likeness (QED) is 0.846. The van der Waals surface area contributed by atoms with Gasteiger partial charge in [0.2, 0.25) is 0 Å². The van der Waals surface area contributed by atoms with Gasteiger partial charge in [-0.25, -0.2) is 9.37 Å². The molecular formula is C16H21FN2OS. The summed E-state index contributed by atoms with van der Waals surface area (Å²) < 4.78 is 18.4. The van der Waals surface area contributed by atoms with Gasteiger partial charge in [-0.1, -0.05) is 13.8 Å². The number of thiazole rings is 1. The second-order valence-electron chi connectivity index (χ2n) is 5.20. The summed E-state index contributed by atoms with van der Waals surface area (Å²) in [5.74, 6) is 0.437. The Hall–Kier alpha value is -1.46. The normalized spacial score (nSPS) is 11.1. The number of hydrogen-bond acceptors (Lipinski definition) is 4. The van der Waals surface area contributed by atoms with Crippen LogP contribution in [-0.2, 0) is 13.0 Å². The Morgan fingerprint density at radius 3 is 2.67 bits per heavy atom. The summed E-state index contributed by atoms with van der Waals surface area (Å²) in [6, 6.07) is 6.55. The van der Waals surface area contributed by atoms with Crippen molar-refractivity contribution in [2.45, 2.75) is 39.8 Å². The number of nitrogens with one attached hydrogen (secondary N) is 1. The fourth-order valence-corrected chi connectivity index (χ4v) is 2.84. The van der Waals surface area contributed by atoms with E-state index in [1.165, 1.54) is 17.0 Å². The molecule has 0 saturated carbocycles. The third-order valence-corrected chi connectivity index (χ3v) is 4.22. The SMILES string of the molecule is Cc1nc(CCOc2ccc(F)cc2)sc1CNC(C)C. The van der Waals surface area contributed by atoms with E-state index in [2.05, 4.69) is 24.1 Å². The van der Waals surface area contributed by atoms with Gasteiger partial charge in [0.25, 0.3) is 0 Å². The van der Waals surface area contributed by atoms with Crippen LogP contribution >= 0.6 is 11.3 Å². The first kappa shape index (κ1) is 15.9. The van der Waals surface area contributed by atoms with Gasteiger partial charge in [0.1, 0.15) is 11.6 Å². The summed E-state index contributed by atoms with van der Waals surface area (Å²) in [4.78, 5) is 5.85. The van der Waals surface area contributed by atoms with Crippen molar-refractivity contribution >= 4 is 11.3 Å². The number of ether oxygens (including phenoxy) is 1. The average molecular weight is 308 g/mol. The van der Waals surface area contributed by atoms with Gasteiger partial charge < -0.3 is 10.1 Å². The largest absolute Gasteiger partial charge is 0.493 e. The summed E-state index contributed by atoms with van der Waals surface area (Å²) in [5, 5.41) is 4.49. The van der Waals surface area contributed by atoms with Crippen molar-refractivity contribution in [1.29, 1.82) is 0 Å². The average Bonchev–Trinajstić information content (AvgIpc) is 2.79. The molecule has 21 heavy (non-hydrogen) atoms. The molecule has 1 aromatic heterocycles. The second kappa shape index (κ2) is 7.52. The van der Waals surface area contributed by atoms with Gasteiger partial charge in [-0.3, -0.25) is 0 Å². The van der Waals surface area contributed by atoms with Crippen LogP contribution in [0.4, 0.5) is 4.39 Å². The van der Waals surface area contributed by atoms with Crippen LogP contribution in [0.1, 0.15) is 29.4 Å². The highest BCUT2D eigenvalue weighted by atomic mass is 32.1. The van der Waals surface area contributed by atoms with Crippen molar-refractivity contribution in [3.05, 3.63) is 45.7 Å². The molecule has 0 saturated heterocycles. The van der Waals surface area contributed by atoms with Gasteiger partial charge in [0.05, 0.1) is 17.3 Å². The van der Waals surface area contributed by atoms with E-state index in [1.54, 1.807) is 23.5 Å². The molecule has 0 atom stereocenters. The smallest absolute Gasteiger partial charge is 0.123 e. The Bertz CT molecular complexity index is 566. The summed E-state index contributed by atoms with van der Waals surface area (Å²) in [5.41, 5.74) is 1.09. The van der Waals surface area contributed by atoms with Gasteiger partial charge in [0, 0.05) is 23.9 Å². The monoisotopic (exact) mass is 308 g/mol. The van der Waals surface area contributed by atoms with Crippen LogP contribution < -0.4 is 10.1 Å². The van der Waals surface area contributed by atoms with Crippen LogP contribution in [0.25, 0.3) is 0 Å². The molecule has 5 heteroatoms. The Morgan fingerprint density at radius 1 is 1.29 bits per heavy atom. The molecule has 3 nitrogen and oxygen atoms in total. The molecule has 0 aliphatic rings. The minimum atomic E-state index is -0.250. The molecule has 0 spiro atoms. The lowest BCUT2D eigenvalue weighted by atomic mass is 10.3. The number of aromatic nitrogens is 1. The van der Waals surface area contributed by atoms with Gasteiger partial charge in [-0.15, -0.1) is 11.3 Å². The molecule has 1 heterocycles. The van der Waals surface area contributed by atoms with Crippen LogP contribution in [0.2, 0.25) is 0 Å². The molecule has 0 bridgehead atoms. The third kappa shape index (κ3) is 5.10. The third-order valence-electron chi connectivity index (χ3n) is 3.01. The van der Waals surface area contributed by atoms with Crippen molar-refractivity contribution in [1.82, 2.24) is 10.3 Å². The van der Waals surface area contributed by atoms with Crippen LogP contribution in [0.3, 0.4) is 0 Å². The number of halogens is 1. The van der Waals surface area contributed by atoms with Crippen LogP contribution in [-0.4, -0.2) is 17.6 Å². The van der Waals surface area contributed by atoms with E-state index in [-0.39, 0.29) is 5.82 Å². The van der Waals surface area contributed by atoms with E-state index in [4.69, 9.17) is 4.74 Å². The second-order valence-corrected chi connectivity index (χ2v) is 6.37. The maximum atomic E-state index is 12.8. The summed E-state index contributed by atoms with van der Waals surface area (Å²) in [6.45, 7) is 7.72. The molecule has 0 aliphatic carbocycles. The van der Waals surface area contributed by atoms with Crippen molar-refractivity contribution in [2.75, 3.05) is 6.61 Å². The number of hydrogen-bond donors (Lipinski definition) is 1. The fraction of sp³-hybridized carbons (Fsp3) is 0.438. The molecule has 1 aromatic carbocycles. The Kier molecular flexibility index (Phi) is 5.70. The molecule has 0 unspecified atom stereocenters. The molecule has 0 aliphatic heterocycles. The molecule has 0 radical (unpaired) electrons. The number of aryl methyl sites for hydroxylation is 1. The minimum absolute atomic E-state index is 0.250. The van der Waals surface area contributed by atoms with Gasteiger partial charge in [0.15, 0.2) is 0 Å². The lowest BCUT2D eigenvalue weighted by molar-refractivity contribution is 0.321. The molecule has 1 N–H and O–H groups in total. The first-order valence-electron chi connectivity index (χ1n) is 7.11. The van der Waals surface area contributed by atoms with E-state index >= 15 is 0 Å². The Morgan fingerprint density at radius 2 is 2.00 bits per heavy atom. The molecule has 0 amide bonds. The highest BCUT2D eigenvalue weighted by Gasteiger charge is 2.08. The van der Waals surface area contributed by atoms with E-state index in [1.807, 2.05) is 6.92 Å². The Balaban J connectivity index is 1.83. The predicted molar refractivity (Wildman–Crippen MR) is 84.4 cm³/mol. The van der Waals surface area contributed by atoms with E-state index in [9.17, 15) is 4.39 Å². The molecule has 0 fully saturated rings. The lowest BCUT2D eigenvalue weighted by Crippen LogP contribution is -2.21. The van der Waals surface area contributed by atoms with Gasteiger partial charge >= 0.3 is 0 Å². The summed E-state index contributed by atoms with van der Waals surface area (Å²) in [7, 11) is 0. The van der Waals surface area contributed by atoms with Gasteiger partial charge in [-0.2, -0.15) is 0 Å². The van der Waals surface area contributed by atoms with Crippen LogP contribution in [0.5, 0.6) is 5.75 Å². The first-order valence-corrected chi connectivity index (χ1v) is 7.93. The van der Waals surface area contributed by atoms with Crippen molar-refractivity contribution in [3.8, 4) is 5.75 Å². The highest BCUT2D eigenvalue weighted by Crippen LogP contribution is 2.19. The van der Waals surface area contributed by atoms with Crippen molar-refractivity contribution in [2.24, 2.45) is 0 Å². The Labute approximate surface area is 129 Å². The van der Waals surface area contributed by atoms with E-state index in [0.717, 1.165) is 23.7 Å². The highest BCUT2D eigenvalue weighted by molar-refractivity contribution is 7.11. The summed E-state index contributed by atoms with van der Waals surface area (Å²) >= 11 is 1.73. The standard InChI is InChI=1S/C16H21FN2OS/c1-11(2)18-10-15-12(3)19-16(21-15)8-9-20-14-6-4-13(17)5-7-14/h4-7,11,18H,8-10H2,1-3H3. The van der Waals surface area contributed by atoms with Crippen LogP contribution in [0.15, 0.2) is 24.3 Å². The molecule has 2 aromatic rings. The topological polar surface area (TPSA) is 34.1 Å². The minimum Gasteiger partial charge on any atom is -0.493 e. The number of nitrogens with zero attached hydrogens (tertiary/aromatic N) is 1. The zero-order chi connectivity index (χ0) is 15.2. The number of benzene rings is 1. The van der Waals surface area contributed by atoms with E-state index in [0.29, 0.717) is 18.4 Å². The van der Waals surface area contributed by atoms with Crippen molar-refractivity contribution in [3.63, 3.8) is 0 Å². The lowest BCUT2D eigenvalue weighted by Gasteiger charge is -2.06.